The first-order valence-corrected chi connectivity index (χ1v) is 24.3. The summed E-state index contributed by atoms with van der Waals surface area (Å²) in [6.45, 7) is 14.9. The highest BCUT2D eigenvalue weighted by molar-refractivity contribution is 5.88. The number of ketones is 1. The number of allylic oxidation sites excluding steroid dienone is 1. The van der Waals surface area contributed by atoms with Crippen molar-refractivity contribution in [1.29, 1.82) is 0 Å². The molecule has 3 saturated heterocycles. The monoisotopic (exact) mass is 945 g/mol. The van der Waals surface area contributed by atoms with E-state index in [4.69, 9.17) is 28.4 Å². The lowest BCUT2D eigenvalue weighted by Gasteiger charge is -2.65. The van der Waals surface area contributed by atoms with Gasteiger partial charge in [0.1, 0.15) is 60.7 Å². The summed E-state index contributed by atoms with van der Waals surface area (Å²) >= 11 is 0. The number of aliphatic hydroxyl groups excluding tert-OH is 10. The Morgan fingerprint density at radius 1 is 0.758 bits per heavy atom. The van der Waals surface area contributed by atoms with Crippen LogP contribution in [0.5, 0.6) is 0 Å². The smallest absolute Gasteiger partial charge is 0.187 e. The molecule has 0 bridgehead atoms. The van der Waals surface area contributed by atoms with Gasteiger partial charge in [-0.05, 0) is 93.3 Å². The molecule has 66 heavy (non-hydrogen) atoms. The highest BCUT2D eigenvalue weighted by Gasteiger charge is 2.70. The lowest BCUT2D eigenvalue weighted by Crippen LogP contribution is -2.64. The van der Waals surface area contributed by atoms with E-state index in [9.17, 15) is 56.2 Å². The summed E-state index contributed by atoms with van der Waals surface area (Å²) in [4.78, 5) is 15.0. The van der Waals surface area contributed by atoms with E-state index in [1.165, 1.54) is 0 Å². The third-order valence-corrected chi connectivity index (χ3v) is 18.3. The minimum atomic E-state index is -1.71. The van der Waals surface area contributed by atoms with E-state index in [-0.39, 0.29) is 46.7 Å². The molecule has 11 N–H and O–H groups in total. The fraction of sp³-hybridized carbons (Fsp3) is 0.938. The minimum absolute atomic E-state index is 0.00708. The number of ether oxygens (including phenoxy) is 6. The molecule has 3 aliphatic heterocycles. The van der Waals surface area contributed by atoms with Gasteiger partial charge in [0.25, 0.3) is 0 Å². The molecule has 6 fully saturated rings. The third kappa shape index (κ3) is 9.03. The first-order chi connectivity index (χ1) is 30.8. The van der Waals surface area contributed by atoms with Crippen molar-refractivity contribution in [3.8, 4) is 0 Å². The maximum atomic E-state index is 15.0. The quantitative estimate of drug-likeness (QED) is 0.104. The van der Waals surface area contributed by atoms with Crippen molar-refractivity contribution in [2.24, 2.45) is 45.3 Å². The molecule has 0 radical (unpaired) electrons. The molecule has 7 aliphatic rings. The number of hydrogen-bond donors (Lipinski definition) is 11. The lowest BCUT2D eigenvalue weighted by molar-refractivity contribution is -0.336. The topological polar surface area (TPSA) is 295 Å². The Balaban J connectivity index is 1.02. The Labute approximate surface area is 388 Å². The van der Waals surface area contributed by atoms with Crippen LogP contribution >= 0.6 is 0 Å². The summed E-state index contributed by atoms with van der Waals surface area (Å²) in [5, 5.41) is 116. The van der Waals surface area contributed by atoms with Gasteiger partial charge < -0.3 is 84.6 Å². The fourth-order valence-electron chi connectivity index (χ4n) is 13.8. The lowest BCUT2D eigenvalue weighted by atomic mass is 9.38. The van der Waals surface area contributed by atoms with Gasteiger partial charge in [-0.2, -0.15) is 0 Å². The fourth-order valence-corrected chi connectivity index (χ4v) is 13.8. The van der Waals surface area contributed by atoms with Crippen LogP contribution in [0.25, 0.3) is 0 Å². The predicted octanol–water partition coefficient (Wildman–Crippen LogP) is 0.181. The molecule has 0 amide bonds. The Kier molecular flexibility index (Phi) is 15.4. The molecule has 0 unspecified atom stereocenters. The summed E-state index contributed by atoms with van der Waals surface area (Å²) in [5.41, 5.74) is -1.99. The summed E-state index contributed by atoms with van der Waals surface area (Å²) in [6, 6.07) is 0. The van der Waals surface area contributed by atoms with Crippen LogP contribution in [0.2, 0.25) is 0 Å². The third-order valence-electron chi connectivity index (χ3n) is 18.3. The van der Waals surface area contributed by atoms with Crippen molar-refractivity contribution in [3.63, 3.8) is 0 Å². The molecule has 7 rings (SSSR count). The molecule has 18 heteroatoms. The highest BCUT2D eigenvalue weighted by Crippen LogP contribution is 2.74. The van der Waals surface area contributed by atoms with E-state index in [1.54, 1.807) is 13.8 Å². The van der Waals surface area contributed by atoms with Gasteiger partial charge in [0.05, 0.1) is 49.8 Å². The maximum absolute atomic E-state index is 15.0. The van der Waals surface area contributed by atoms with Gasteiger partial charge in [-0.3, -0.25) is 4.79 Å². The Morgan fingerprint density at radius 3 is 2.03 bits per heavy atom. The Bertz CT molecular complexity index is 1720. The second-order valence-electron chi connectivity index (χ2n) is 22.8. The van der Waals surface area contributed by atoms with E-state index in [0.717, 1.165) is 18.4 Å². The van der Waals surface area contributed by atoms with Crippen LogP contribution in [-0.4, -0.2) is 186 Å². The van der Waals surface area contributed by atoms with Crippen LogP contribution in [0, 0.1) is 45.3 Å². The number of Topliss-reactive ketones (excluding diaryl/α,β-unsaturated/α-hetero) is 1. The van der Waals surface area contributed by atoms with E-state index in [0.29, 0.717) is 38.5 Å². The molecular weight excluding hydrogens is 865 g/mol. The number of aliphatic hydroxyl groups is 11. The van der Waals surface area contributed by atoms with Crippen molar-refractivity contribution in [2.75, 3.05) is 19.8 Å². The molecule has 0 aromatic rings. The molecule has 0 spiro atoms. The molecule has 18 nitrogen and oxygen atoms in total. The summed E-state index contributed by atoms with van der Waals surface area (Å²) < 4.78 is 35.5. The largest absolute Gasteiger partial charge is 0.394 e. The molecule has 380 valence electrons. The van der Waals surface area contributed by atoms with Crippen LogP contribution < -0.4 is 0 Å². The normalized spacial score (nSPS) is 49.3. The van der Waals surface area contributed by atoms with Gasteiger partial charge in [-0.15, -0.1) is 0 Å². The van der Waals surface area contributed by atoms with Crippen molar-refractivity contribution in [3.05, 3.63) is 11.6 Å². The van der Waals surface area contributed by atoms with Crippen LogP contribution in [0.15, 0.2) is 11.6 Å². The van der Waals surface area contributed by atoms with Gasteiger partial charge in [-0.25, -0.2) is 0 Å². The van der Waals surface area contributed by atoms with Crippen molar-refractivity contribution in [2.45, 2.75) is 217 Å². The maximum Gasteiger partial charge on any atom is 0.187 e. The number of fused-ring (bicyclic) bond motifs is 5. The van der Waals surface area contributed by atoms with Crippen LogP contribution in [0.1, 0.15) is 113 Å². The van der Waals surface area contributed by atoms with E-state index < -0.39 is 134 Å². The van der Waals surface area contributed by atoms with Crippen molar-refractivity contribution < 1.29 is 89.4 Å². The first-order valence-electron chi connectivity index (χ1n) is 24.3. The average Bonchev–Trinajstić information content (AvgIpc) is 3.53. The van der Waals surface area contributed by atoms with Crippen LogP contribution in [-0.2, 0) is 33.2 Å². The van der Waals surface area contributed by atoms with Gasteiger partial charge in [0.15, 0.2) is 18.9 Å². The second kappa shape index (κ2) is 19.4. The first kappa shape index (κ1) is 52.6. The zero-order valence-corrected chi connectivity index (χ0v) is 39.9. The standard InChI is InChI=1S/C48H80O18/c1-22(9-13-33(45(4,5)60)66-43-40(59)38(57)36(55)29(64-43)21-61-41-34(53)27(51)17-23(19-49)62-41)24-15-16-46(6)30-12-10-25-26(48(30,8)31(52)18-47(24,46)7)11-14-32(44(25,2)3)65-42-39(58)37(56)35(54)28(20-50)63-42/h10,22-24,26-30,32-43,49-51,53-60H,9,11-21H2,1-8H3/t22-,23+,24-,26-,27+,28-,29-,30+,32+,33-,34-,35-,36-,37+,38+,39-,40-,41-,42+,43+,46+,47-,48+/m1/s1. The Morgan fingerprint density at radius 2 is 1.39 bits per heavy atom. The highest BCUT2D eigenvalue weighted by atomic mass is 16.7. The Hall–Kier alpha value is -1.27. The molecule has 4 aliphatic carbocycles. The SMILES string of the molecule is C[C@H](CC[C@@H](O[C@@H]1O[C@H](CO[C@@H]2O[C@H](CO)C[C@H](O)[C@H]2O)[C@@H](O)[C@H](O)[C@H]1O)C(C)(C)O)[C@H]1CC[C@@]2(C)[C@@H]3CC=C4[C@@H](CC[C@H](O[C@@H]5O[C@H](CO)[C@@H](O)[C@H](O)[C@H]5O)C4(C)C)[C@]3(C)C(=O)C[C@]12C. The van der Waals surface area contributed by atoms with E-state index in [2.05, 4.69) is 47.6 Å². The minimum Gasteiger partial charge on any atom is -0.394 e. The molecule has 3 saturated carbocycles. The van der Waals surface area contributed by atoms with Gasteiger partial charge in [0, 0.05) is 23.7 Å². The predicted molar refractivity (Wildman–Crippen MR) is 233 cm³/mol. The van der Waals surface area contributed by atoms with Crippen LogP contribution in [0.4, 0.5) is 0 Å². The van der Waals surface area contributed by atoms with Gasteiger partial charge in [-0.1, -0.05) is 53.2 Å². The summed E-state index contributed by atoms with van der Waals surface area (Å²) in [5.74, 6) is 0.556. The van der Waals surface area contributed by atoms with E-state index in [1.807, 2.05) is 0 Å². The van der Waals surface area contributed by atoms with E-state index >= 15 is 4.79 Å². The number of rotatable bonds is 14. The molecule has 3 heterocycles. The van der Waals surface area contributed by atoms with Gasteiger partial charge in [0.2, 0.25) is 0 Å². The molecule has 0 aromatic heterocycles. The number of carbonyl (C=O) groups excluding carboxylic acids is 1. The van der Waals surface area contributed by atoms with Crippen molar-refractivity contribution in [1.82, 2.24) is 0 Å². The zero-order valence-electron chi connectivity index (χ0n) is 39.9. The molecule has 23 atom stereocenters. The van der Waals surface area contributed by atoms with Crippen LogP contribution in [0.3, 0.4) is 0 Å². The van der Waals surface area contributed by atoms with Crippen molar-refractivity contribution >= 4 is 5.78 Å². The zero-order chi connectivity index (χ0) is 48.6. The molecule has 0 aromatic carbocycles. The molecular formula is C48H80O18. The number of carbonyl (C=O) groups is 1. The average molecular weight is 945 g/mol. The summed E-state index contributed by atoms with van der Waals surface area (Å²) in [6.07, 6.45) is -13.3. The van der Waals surface area contributed by atoms with Gasteiger partial charge >= 0.3 is 0 Å². The second-order valence-corrected chi connectivity index (χ2v) is 22.8. The summed E-state index contributed by atoms with van der Waals surface area (Å²) in [7, 11) is 0. The number of hydrogen-bond acceptors (Lipinski definition) is 18.